The van der Waals surface area contributed by atoms with E-state index in [0.717, 1.165) is 0 Å². The van der Waals surface area contributed by atoms with E-state index < -0.39 is 5.60 Å². The first-order valence-corrected chi connectivity index (χ1v) is 5.61. The van der Waals surface area contributed by atoms with Gasteiger partial charge in [-0.15, -0.1) is 0 Å². The molecule has 0 aliphatic rings. The summed E-state index contributed by atoms with van der Waals surface area (Å²) in [5.41, 5.74) is 5.49. The largest absolute Gasteiger partial charge is 0.399 e. The molecule has 3 N–H and O–H groups in total. The summed E-state index contributed by atoms with van der Waals surface area (Å²) < 4.78 is 0. The van der Waals surface area contributed by atoms with Gasteiger partial charge in [0.05, 0.1) is 16.2 Å². The molecule has 1 aromatic carbocycles. The Morgan fingerprint density at radius 3 is 2.65 bits per heavy atom. The number of rotatable bonds is 3. The van der Waals surface area contributed by atoms with E-state index in [1.54, 1.807) is 33.0 Å². The van der Waals surface area contributed by atoms with Crippen molar-refractivity contribution in [3.05, 3.63) is 28.8 Å². The molecule has 1 aromatic rings. The standard InChI is InChI=1S/C12H17ClN2O2/c1-12(2,17)7-15(3)11(16)9-6-8(14)4-5-10(9)13/h4-6,17H,7,14H2,1-3H3. The van der Waals surface area contributed by atoms with Crippen molar-refractivity contribution in [2.45, 2.75) is 19.4 Å². The fraction of sp³-hybridized carbons (Fsp3) is 0.417. The fourth-order valence-corrected chi connectivity index (χ4v) is 1.76. The van der Waals surface area contributed by atoms with E-state index in [-0.39, 0.29) is 12.5 Å². The van der Waals surface area contributed by atoms with Gasteiger partial charge in [0.1, 0.15) is 0 Å². The van der Waals surface area contributed by atoms with Gasteiger partial charge >= 0.3 is 0 Å². The van der Waals surface area contributed by atoms with Crippen LogP contribution in [0, 0.1) is 0 Å². The molecule has 0 unspecified atom stereocenters. The van der Waals surface area contributed by atoms with Crippen LogP contribution in [0.3, 0.4) is 0 Å². The molecule has 5 heteroatoms. The minimum atomic E-state index is -0.947. The molecule has 0 heterocycles. The number of halogens is 1. The topological polar surface area (TPSA) is 66.6 Å². The second-order valence-electron chi connectivity index (χ2n) is 4.71. The number of carbonyl (C=O) groups excluding carboxylic acids is 1. The number of carbonyl (C=O) groups is 1. The molecule has 0 saturated heterocycles. The van der Waals surface area contributed by atoms with Gasteiger partial charge in [0.2, 0.25) is 0 Å². The maximum Gasteiger partial charge on any atom is 0.255 e. The Kier molecular flexibility index (Phi) is 4.01. The van der Waals surface area contributed by atoms with Gasteiger partial charge in [0.25, 0.3) is 5.91 Å². The fourth-order valence-electron chi connectivity index (χ4n) is 1.56. The molecule has 0 aliphatic heterocycles. The van der Waals surface area contributed by atoms with Crippen LogP contribution in [0.2, 0.25) is 5.02 Å². The van der Waals surface area contributed by atoms with Crippen LogP contribution in [0.5, 0.6) is 0 Å². The predicted molar refractivity (Wildman–Crippen MR) is 69.1 cm³/mol. The first-order chi connectivity index (χ1) is 7.70. The zero-order chi connectivity index (χ0) is 13.2. The van der Waals surface area contributed by atoms with Crippen LogP contribution in [-0.4, -0.2) is 35.1 Å². The molecule has 4 nitrogen and oxygen atoms in total. The smallest absolute Gasteiger partial charge is 0.255 e. The van der Waals surface area contributed by atoms with Gasteiger partial charge in [-0.25, -0.2) is 0 Å². The zero-order valence-corrected chi connectivity index (χ0v) is 11.0. The van der Waals surface area contributed by atoms with E-state index in [1.807, 2.05) is 0 Å². The van der Waals surface area contributed by atoms with Gasteiger partial charge in [0, 0.05) is 19.3 Å². The molecule has 17 heavy (non-hydrogen) atoms. The number of likely N-dealkylation sites (N-methyl/N-ethyl adjacent to an activating group) is 1. The predicted octanol–water partition coefficient (Wildman–Crippen LogP) is 1.77. The Bertz CT molecular complexity index is 427. The molecule has 0 saturated carbocycles. The number of nitrogens with zero attached hydrogens (tertiary/aromatic N) is 1. The monoisotopic (exact) mass is 256 g/mol. The van der Waals surface area contributed by atoms with Crippen molar-refractivity contribution in [1.82, 2.24) is 4.90 Å². The number of nitrogens with two attached hydrogens (primary N) is 1. The summed E-state index contributed by atoms with van der Waals surface area (Å²) in [4.78, 5) is 13.5. The first-order valence-electron chi connectivity index (χ1n) is 5.23. The second-order valence-corrected chi connectivity index (χ2v) is 5.12. The third-order valence-corrected chi connectivity index (χ3v) is 2.52. The van der Waals surface area contributed by atoms with Crippen LogP contribution in [0.25, 0.3) is 0 Å². The van der Waals surface area contributed by atoms with Gasteiger partial charge < -0.3 is 15.7 Å². The van der Waals surface area contributed by atoms with E-state index >= 15 is 0 Å². The van der Waals surface area contributed by atoms with E-state index in [2.05, 4.69) is 0 Å². The summed E-state index contributed by atoms with van der Waals surface area (Å²) in [5.74, 6) is -0.260. The molecule has 0 atom stereocenters. The van der Waals surface area contributed by atoms with Crippen molar-refractivity contribution >= 4 is 23.2 Å². The summed E-state index contributed by atoms with van der Waals surface area (Å²) in [7, 11) is 1.61. The Morgan fingerprint density at radius 2 is 2.12 bits per heavy atom. The lowest BCUT2D eigenvalue weighted by atomic mass is 10.1. The van der Waals surface area contributed by atoms with Crippen LogP contribution < -0.4 is 5.73 Å². The van der Waals surface area contributed by atoms with Crippen LogP contribution in [0.1, 0.15) is 24.2 Å². The van der Waals surface area contributed by atoms with Crippen LogP contribution in [0.15, 0.2) is 18.2 Å². The number of nitrogen functional groups attached to an aromatic ring is 1. The number of aliphatic hydroxyl groups is 1. The van der Waals surface area contributed by atoms with Crippen LogP contribution in [-0.2, 0) is 0 Å². The summed E-state index contributed by atoms with van der Waals surface area (Å²) in [5, 5.41) is 10.0. The van der Waals surface area contributed by atoms with Gasteiger partial charge in [-0.1, -0.05) is 11.6 Å². The van der Waals surface area contributed by atoms with E-state index in [4.69, 9.17) is 17.3 Å². The van der Waals surface area contributed by atoms with Crippen molar-refractivity contribution in [1.29, 1.82) is 0 Å². The Labute approximate surface area is 106 Å². The van der Waals surface area contributed by atoms with Crippen molar-refractivity contribution in [2.75, 3.05) is 19.3 Å². The molecule has 0 bridgehead atoms. The Morgan fingerprint density at radius 1 is 1.53 bits per heavy atom. The highest BCUT2D eigenvalue weighted by atomic mass is 35.5. The average molecular weight is 257 g/mol. The average Bonchev–Trinajstić information content (AvgIpc) is 2.18. The maximum absolute atomic E-state index is 12.1. The van der Waals surface area contributed by atoms with E-state index in [0.29, 0.717) is 16.3 Å². The number of benzene rings is 1. The number of amides is 1. The maximum atomic E-state index is 12.1. The lowest BCUT2D eigenvalue weighted by Crippen LogP contribution is -2.39. The van der Waals surface area contributed by atoms with Gasteiger partial charge in [-0.2, -0.15) is 0 Å². The lowest BCUT2D eigenvalue weighted by Gasteiger charge is -2.26. The summed E-state index contributed by atoms with van der Waals surface area (Å²) in [6, 6.07) is 4.75. The minimum absolute atomic E-state index is 0.219. The molecule has 0 spiro atoms. The summed E-state index contributed by atoms with van der Waals surface area (Å²) in [6.45, 7) is 3.49. The van der Waals surface area contributed by atoms with Crippen LogP contribution in [0.4, 0.5) is 5.69 Å². The van der Waals surface area contributed by atoms with E-state index in [9.17, 15) is 9.90 Å². The SMILES string of the molecule is CN(CC(C)(C)O)C(=O)c1cc(N)ccc1Cl. The third-order valence-electron chi connectivity index (χ3n) is 2.19. The van der Waals surface area contributed by atoms with E-state index in [1.165, 1.54) is 11.0 Å². The highest BCUT2D eigenvalue weighted by molar-refractivity contribution is 6.33. The van der Waals surface area contributed by atoms with Crippen LogP contribution >= 0.6 is 11.6 Å². The molecule has 0 aromatic heterocycles. The number of hydrogen-bond acceptors (Lipinski definition) is 3. The molecule has 0 fully saturated rings. The Hall–Kier alpha value is -1.26. The van der Waals surface area contributed by atoms with Gasteiger partial charge in [0.15, 0.2) is 0 Å². The molecule has 0 aliphatic carbocycles. The highest BCUT2D eigenvalue weighted by Gasteiger charge is 2.21. The highest BCUT2D eigenvalue weighted by Crippen LogP contribution is 2.20. The van der Waals surface area contributed by atoms with Gasteiger partial charge in [-0.05, 0) is 32.0 Å². The molecule has 1 rings (SSSR count). The summed E-state index contributed by atoms with van der Waals surface area (Å²) >= 11 is 5.94. The normalized spacial score (nSPS) is 11.4. The number of anilines is 1. The second kappa shape index (κ2) is 4.94. The first kappa shape index (κ1) is 13.8. The molecule has 1 amide bonds. The number of hydrogen-bond donors (Lipinski definition) is 2. The minimum Gasteiger partial charge on any atom is -0.399 e. The summed E-state index contributed by atoms with van der Waals surface area (Å²) in [6.07, 6.45) is 0. The Balaban J connectivity index is 2.93. The van der Waals surface area contributed by atoms with Crippen molar-refractivity contribution in [3.63, 3.8) is 0 Å². The van der Waals surface area contributed by atoms with Crippen molar-refractivity contribution < 1.29 is 9.90 Å². The van der Waals surface area contributed by atoms with Crippen molar-refractivity contribution in [3.8, 4) is 0 Å². The molecule has 94 valence electrons. The lowest BCUT2D eigenvalue weighted by molar-refractivity contribution is 0.0368. The van der Waals surface area contributed by atoms with Crippen molar-refractivity contribution in [2.24, 2.45) is 0 Å². The molecular weight excluding hydrogens is 240 g/mol. The quantitative estimate of drug-likeness (QED) is 0.810. The third kappa shape index (κ3) is 3.91. The molecule has 0 radical (unpaired) electrons. The molecular formula is C12H17ClN2O2. The van der Waals surface area contributed by atoms with Gasteiger partial charge in [-0.3, -0.25) is 4.79 Å². The zero-order valence-electron chi connectivity index (χ0n) is 10.2.